The molecule has 5 rings (SSSR count). The topological polar surface area (TPSA) is 110 Å². The van der Waals surface area contributed by atoms with Gasteiger partial charge in [-0.3, -0.25) is 4.79 Å². The molecule has 0 radical (unpaired) electrons. The van der Waals surface area contributed by atoms with E-state index in [-0.39, 0.29) is 12.6 Å². The molecule has 4 aromatic rings. The van der Waals surface area contributed by atoms with Crippen LogP contribution < -0.4 is 15.5 Å². The van der Waals surface area contributed by atoms with Crippen LogP contribution in [0.15, 0.2) is 72.8 Å². The van der Waals surface area contributed by atoms with Crippen molar-refractivity contribution in [2.24, 2.45) is 5.92 Å². The highest BCUT2D eigenvalue weighted by Crippen LogP contribution is 2.30. The summed E-state index contributed by atoms with van der Waals surface area (Å²) in [6, 6.07) is 22.4. The molecule has 8 nitrogen and oxygen atoms in total. The number of H-pyrrole nitrogens is 1. The van der Waals surface area contributed by atoms with Gasteiger partial charge in [-0.15, -0.1) is 0 Å². The minimum absolute atomic E-state index is 0.210. The third-order valence-corrected chi connectivity index (χ3v) is 8.02. The first kappa shape index (κ1) is 29.5. The molecule has 0 saturated carbocycles. The summed E-state index contributed by atoms with van der Waals surface area (Å²) in [6.07, 6.45) is 1.93. The van der Waals surface area contributed by atoms with E-state index >= 15 is 0 Å². The van der Waals surface area contributed by atoms with Crippen LogP contribution in [0.4, 0.5) is 10.5 Å². The Bertz CT molecular complexity index is 1540. The SMILES string of the molecule is Cc1ccc(-c2nc([C@H](Cc3ccccc3)NC(=O)NCc3cc(Cl)ccc3N3CCCC(C(=O)O)C3)[nH]c2Cl)cc1. The van der Waals surface area contributed by atoms with Gasteiger partial charge in [0.25, 0.3) is 0 Å². The van der Waals surface area contributed by atoms with Crippen LogP contribution in [0.3, 0.4) is 0 Å². The number of halogens is 2. The van der Waals surface area contributed by atoms with Gasteiger partial charge in [-0.1, -0.05) is 83.4 Å². The number of aryl methyl sites for hydroxylation is 1. The predicted octanol–water partition coefficient (Wildman–Crippen LogP) is 6.78. The van der Waals surface area contributed by atoms with E-state index in [1.807, 2.05) is 73.7 Å². The second-order valence-corrected chi connectivity index (χ2v) is 11.4. The van der Waals surface area contributed by atoms with Gasteiger partial charge in [0.2, 0.25) is 0 Å². The van der Waals surface area contributed by atoms with Crippen molar-refractivity contribution in [3.8, 4) is 11.3 Å². The van der Waals surface area contributed by atoms with Crippen LogP contribution in [0.2, 0.25) is 10.2 Å². The van der Waals surface area contributed by atoms with E-state index in [4.69, 9.17) is 28.2 Å². The number of rotatable bonds is 9. The zero-order valence-electron chi connectivity index (χ0n) is 23.2. The van der Waals surface area contributed by atoms with E-state index in [0.29, 0.717) is 41.1 Å². The fourth-order valence-electron chi connectivity index (χ4n) is 5.29. The number of carbonyl (C=O) groups excluding carboxylic acids is 1. The molecule has 4 N–H and O–H groups in total. The maximum atomic E-state index is 13.3. The number of nitrogens with zero attached hydrogens (tertiary/aromatic N) is 2. The summed E-state index contributed by atoms with van der Waals surface area (Å²) in [5, 5.41) is 16.5. The number of aromatic nitrogens is 2. The highest BCUT2D eigenvalue weighted by molar-refractivity contribution is 6.32. The molecule has 1 aromatic heterocycles. The van der Waals surface area contributed by atoms with E-state index in [1.54, 1.807) is 6.07 Å². The number of anilines is 1. The molecular formula is C32H33Cl2N5O3. The Morgan fingerprint density at radius 2 is 1.86 bits per heavy atom. The van der Waals surface area contributed by atoms with Gasteiger partial charge in [0.1, 0.15) is 16.7 Å². The normalized spacial score (nSPS) is 15.7. The predicted molar refractivity (Wildman–Crippen MR) is 166 cm³/mol. The fraction of sp³-hybridized carbons (Fsp3) is 0.281. The van der Waals surface area contributed by atoms with Crippen LogP contribution in [-0.2, 0) is 17.8 Å². The fourth-order valence-corrected chi connectivity index (χ4v) is 5.73. The molecular weight excluding hydrogens is 573 g/mol. The van der Waals surface area contributed by atoms with E-state index in [0.717, 1.165) is 40.9 Å². The number of piperidine rings is 1. The molecule has 42 heavy (non-hydrogen) atoms. The van der Waals surface area contributed by atoms with Gasteiger partial charge in [-0.05, 0) is 55.5 Å². The third kappa shape index (κ3) is 7.24. The Morgan fingerprint density at radius 3 is 2.60 bits per heavy atom. The van der Waals surface area contributed by atoms with Gasteiger partial charge in [0.05, 0.1) is 12.0 Å². The number of aromatic amines is 1. The molecule has 1 saturated heterocycles. The Kier molecular flexibility index (Phi) is 9.35. The molecule has 2 amide bonds. The average Bonchev–Trinajstić information content (AvgIpc) is 3.38. The zero-order chi connectivity index (χ0) is 29.6. The molecule has 218 valence electrons. The van der Waals surface area contributed by atoms with Gasteiger partial charge in [-0.25, -0.2) is 9.78 Å². The molecule has 3 aromatic carbocycles. The summed E-state index contributed by atoms with van der Waals surface area (Å²) in [5.74, 6) is -0.672. The summed E-state index contributed by atoms with van der Waals surface area (Å²) < 4.78 is 0. The highest BCUT2D eigenvalue weighted by Gasteiger charge is 2.27. The number of aliphatic carboxylic acids is 1. The van der Waals surface area contributed by atoms with Gasteiger partial charge >= 0.3 is 12.0 Å². The maximum absolute atomic E-state index is 13.3. The lowest BCUT2D eigenvalue weighted by Gasteiger charge is -2.34. The first-order valence-corrected chi connectivity index (χ1v) is 14.7. The third-order valence-electron chi connectivity index (χ3n) is 7.51. The molecule has 2 heterocycles. The van der Waals surface area contributed by atoms with Crippen molar-refractivity contribution in [1.29, 1.82) is 0 Å². The molecule has 1 aliphatic heterocycles. The van der Waals surface area contributed by atoms with Gasteiger partial charge < -0.3 is 25.6 Å². The lowest BCUT2D eigenvalue weighted by atomic mass is 9.97. The van der Waals surface area contributed by atoms with E-state index in [1.165, 1.54) is 0 Å². The Labute approximate surface area is 255 Å². The van der Waals surface area contributed by atoms with Crippen LogP contribution >= 0.6 is 23.2 Å². The van der Waals surface area contributed by atoms with Crippen LogP contribution in [0.1, 0.15) is 41.4 Å². The van der Waals surface area contributed by atoms with E-state index in [2.05, 4.69) is 20.5 Å². The largest absolute Gasteiger partial charge is 0.481 e. The number of amides is 2. The highest BCUT2D eigenvalue weighted by atomic mass is 35.5. The molecule has 1 fully saturated rings. The number of urea groups is 1. The first-order valence-electron chi connectivity index (χ1n) is 13.9. The summed E-state index contributed by atoms with van der Waals surface area (Å²) in [6.45, 7) is 3.39. The molecule has 1 aliphatic rings. The number of carboxylic acids is 1. The van der Waals surface area contributed by atoms with Crippen molar-refractivity contribution in [2.75, 3.05) is 18.0 Å². The quantitative estimate of drug-likeness (QED) is 0.168. The zero-order valence-corrected chi connectivity index (χ0v) is 24.8. The van der Waals surface area contributed by atoms with Crippen molar-refractivity contribution >= 4 is 40.9 Å². The molecule has 10 heteroatoms. The standard InChI is InChI=1S/C32H33Cl2N5O3/c1-20-9-11-22(12-10-20)28-29(34)38-30(37-28)26(16-21-6-3-2-4-7-21)36-32(42)35-18-24-17-25(33)13-14-27(24)39-15-5-8-23(19-39)31(40)41/h2-4,6-7,9-14,17,23,26H,5,8,15-16,18-19H2,1H3,(H,37,38)(H,40,41)(H2,35,36,42)/t23?,26-/m0/s1. The summed E-state index contributed by atoms with van der Waals surface area (Å²) in [5.41, 5.74) is 5.35. The van der Waals surface area contributed by atoms with Crippen LogP contribution in [0.5, 0.6) is 0 Å². The molecule has 0 spiro atoms. The monoisotopic (exact) mass is 605 g/mol. The first-order chi connectivity index (χ1) is 20.3. The van der Waals surface area contributed by atoms with Crippen molar-refractivity contribution in [3.05, 3.63) is 105 Å². The molecule has 0 bridgehead atoms. The lowest BCUT2D eigenvalue weighted by molar-refractivity contribution is -0.141. The van der Waals surface area contributed by atoms with Crippen molar-refractivity contribution < 1.29 is 14.7 Å². The Hall–Kier alpha value is -4.01. The smallest absolute Gasteiger partial charge is 0.315 e. The van der Waals surface area contributed by atoms with Crippen molar-refractivity contribution in [1.82, 2.24) is 20.6 Å². The number of hydrogen-bond acceptors (Lipinski definition) is 4. The molecule has 2 atom stereocenters. The number of carboxylic acid groups (broad SMARTS) is 1. The summed E-state index contributed by atoms with van der Waals surface area (Å²) >= 11 is 12.9. The van der Waals surface area contributed by atoms with Crippen LogP contribution in [-0.4, -0.2) is 40.2 Å². The van der Waals surface area contributed by atoms with Gasteiger partial charge in [-0.2, -0.15) is 0 Å². The minimum atomic E-state index is -0.791. The average molecular weight is 607 g/mol. The number of nitrogens with one attached hydrogen (secondary N) is 3. The van der Waals surface area contributed by atoms with Gasteiger partial charge in [0.15, 0.2) is 0 Å². The lowest BCUT2D eigenvalue weighted by Crippen LogP contribution is -2.40. The van der Waals surface area contributed by atoms with Crippen LogP contribution in [0.25, 0.3) is 11.3 Å². The summed E-state index contributed by atoms with van der Waals surface area (Å²) in [4.78, 5) is 34.9. The second-order valence-electron chi connectivity index (χ2n) is 10.6. The number of imidazole rings is 1. The number of benzene rings is 3. The number of carbonyl (C=O) groups is 2. The molecule has 0 aliphatic carbocycles. The summed E-state index contributed by atoms with van der Waals surface area (Å²) in [7, 11) is 0. The second kappa shape index (κ2) is 13.3. The maximum Gasteiger partial charge on any atom is 0.315 e. The van der Waals surface area contributed by atoms with Gasteiger partial charge in [0, 0.05) is 35.9 Å². The van der Waals surface area contributed by atoms with Crippen molar-refractivity contribution in [3.63, 3.8) is 0 Å². The van der Waals surface area contributed by atoms with Crippen LogP contribution in [0, 0.1) is 12.8 Å². The molecule has 1 unspecified atom stereocenters. The van der Waals surface area contributed by atoms with E-state index in [9.17, 15) is 14.7 Å². The van der Waals surface area contributed by atoms with Crippen molar-refractivity contribution in [2.45, 2.75) is 38.8 Å². The Morgan fingerprint density at radius 1 is 1.10 bits per heavy atom. The number of hydrogen-bond donors (Lipinski definition) is 4. The Balaban J connectivity index is 1.33. The minimum Gasteiger partial charge on any atom is -0.481 e. The van der Waals surface area contributed by atoms with E-state index < -0.39 is 17.9 Å².